The van der Waals surface area contributed by atoms with Crippen molar-refractivity contribution in [2.24, 2.45) is 5.73 Å². The van der Waals surface area contributed by atoms with Crippen LogP contribution in [0.4, 0.5) is 5.69 Å². The fourth-order valence-corrected chi connectivity index (χ4v) is 4.66. The molecule has 2 atom stereocenters. The van der Waals surface area contributed by atoms with E-state index < -0.39 is 12.1 Å². The number of carboxylic acid groups (broad SMARTS) is 1. The Kier molecular flexibility index (Phi) is 6.93. The van der Waals surface area contributed by atoms with Crippen LogP contribution < -0.4 is 15.4 Å². The van der Waals surface area contributed by atoms with Gasteiger partial charge in [0, 0.05) is 17.7 Å². The highest BCUT2D eigenvalue weighted by atomic mass is 16.5. The van der Waals surface area contributed by atoms with Crippen LogP contribution in [0.3, 0.4) is 0 Å². The van der Waals surface area contributed by atoms with Crippen molar-refractivity contribution in [2.45, 2.75) is 44.2 Å². The summed E-state index contributed by atoms with van der Waals surface area (Å²) in [5, 5.41) is 17.0. The van der Waals surface area contributed by atoms with Gasteiger partial charge in [0.25, 0.3) is 5.91 Å². The fraction of sp³-hybridized carbons (Fsp3) is 0.400. The van der Waals surface area contributed by atoms with Gasteiger partial charge in [-0.25, -0.2) is 0 Å². The van der Waals surface area contributed by atoms with Crippen LogP contribution in [0.5, 0.6) is 5.75 Å². The molecule has 0 saturated carbocycles. The quantitative estimate of drug-likeness (QED) is 0.307. The molecule has 174 valence electrons. The molecule has 2 aliphatic heterocycles. The van der Waals surface area contributed by atoms with Gasteiger partial charge in [-0.2, -0.15) is 0 Å². The van der Waals surface area contributed by atoms with Crippen molar-refractivity contribution >= 4 is 23.4 Å². The lowest BCUT2D eigenvalue weighted by Crippen LogP contribution is -2.41. The number of para-hydroxylation sites is 2. The van der Waals surface area contributed by atoms with E-state index in [-0.39, 0.29) is 17.8 Å². The number of anilines is 1. The van der Waals surface area contributed by atoms with Gasteiger partial charge in [-0.1, -0.05) is 36.8 Å². The number of nitrogens with two attached hydrogens (primary N) is 1. The Morgan fingerprint density at radius 1 is 1.12 bits per heavy atom. The Balaban J connectivity index is 1.41. The van der Waals surface area contributed by atoms with E-state index in [1.807, 2.05) is 30.3 Å². The lowest BCUT2D eigenvalue weighted by molar-refractivity contribution is -0.142. The summed E-state index contributed by atoms with van der Waals surface area (Å²) >= 11 is 0. The molecule has 8 nitrogen and oxygen atoms in total. The van der Waals surface area contributed by atoms with Gasteiger partial charge in [0.15, 0.2) is 0 Å². The van der Waals surface area contributed by atoms with E-state index in [4.69, 9.17) is 15.9 Å². The third-order valence-electron chi connectivity index (χ3n) is 6.37. The standard InChI is InChI=1S/C25H30N4O4/c26-23(27)18-9-6-8-17(16-18)22-24(30)29(19-10-2-3-12-21(19)33-22)15-5-1-4-13-28-14-7-11-20(28)25(31)32/h2-3,6,8-10,12,16,20,22H,1,4-5,7,11,13-15H2,(H3,26,27)(H,31,32). The molecule has 2 unspecified atom stereocenters. The summed E-state index contributed by atoms with van der Waals surface area (Å²) in [5.41, 5.74) is 7.60. The van der Waals surface area contributed by atoms with E-state index in [0.29, 0.717) is 23.4 Å². The first-order chi connectivity index (χ1) is 16.0. The second-order valence-electron chi connectivity index (χ2n) is 8.59. The molecule has 2 heterocycles. The number of hydrogen-bond donors (Lipinski definition) is 3. The van der Waals surface area contributed by atoms with Gasteiger partial charge in [-0.05, 0) is 57.0 Å². The van der Waals surface area contributed by atoms with Gasteiger partial charge in [0.1, 0.15) is 17.6 Å². The molecule has 1 fully saturated rings. The SMILES string of the molecule is N=C(N)c1cccc(C2Oc3ccccc3N(CCCCCN3CCCC3C(=O)O)C2=O)c1. The number of nitrogen functional groups attached to an aromatic ring is 1. The average molecular weight is 451 g/mol. The molecule has 8 heteroatoms. The van der Waals surface area contributed by atoms with Gasteiger partial charge < -0.3 is 20.5 Å². The van der Waals surface area contributed by atoms with Crippen LogP contribution in [0.2, 0.25) is 0 Å². The molecular weight excluding hydrogens is 420 g/mol. The van der Waals surface area contributed by atoms with Crippen molar-refractivity contribution in [3.8, 4) is 5.75 Å². The number of nitrogens with one attached hydrogen (secondary N) is 1. The van der Waals surface area contributed by atoms with Crippen LogP contribution in [0.15, 0.2) is 48.5 Å². The highest BCUT2D eigenvalue weighted by Crippen LogP contribution is 2.39. The molecule has 2 aliphatic rings. The predicted octanol–water partition coefficient (Wildman–Crippen LogP) is 3.16. The first-order valence-electron chi connectivity index (χ1n) is 11.4. The largest absolute Gasteiger partial charge is 0.480 e. The number of fused-ring (bicyclic) bond motifs is 1. The maximum absolute atomic E-state index is 13.4. The molecule has 2 aromatic carbocycles. The normalized spacial score (nSPS) is 20.4. The van der Waals surface area contributed by atoms with Crippen LogP contribution in [-0.2, 0) is 9.59 Å². The summed E-state index contributed by atoms with van der Waals surface area (Å²) < 4.78 is 6.06. The van der Waals surface area contributed by atoms with Crippen LogP contribution in [-0.4, -0.2) is 53.4 Å². The molecule has 4 rings (SSSR count). The molecule has 0 aromatic heterocycles. The molecule has 0 aliphatic carbocycles. The van der Waals surface area contributed by atoms with Gasteiger partial charge in [0.2, 0.25) is 6.10 Å². The summed E-state index contributed by atoms with van der Waals surface area (Å²) in [6, 6.07) is 14.2. The zero-order chi connectivity index (χ0) is 23.4. The maximum atomic E-state index is 13.4. The molecule has 0 radical (unpaired) electrons. The number of aliphatic carboxylic acids is 1. The number of carboxylic acids is 1. The van der Waals surface area contributed by atoms with Crippen molar-refractivity contribution < 1.29 is 19.4 Å². The molecule has 4 N–H and O–H groups in total. The highest BCUT2D eigenvalue weighted by Gasteiger charge is 2.35. The third-order valence-corrected chi connectivity index (χ3v) is 6.37. The monoisotopic (exact) mass is 450 g/mol. The van der Waals surface area contributed by atoms with Crippen molar-refractivity contribution in [3.63, 3.8) is 0 Å². The number of carbonyl (C=O) groups is 2. The van der Waals surface area contributed by atoms with Crippen LogP contribution in [0, 0.1) is 5.41 Å². The molecule has 0 bridgehead atoms. The summed E-state index contributed by atoms with van der Waals surface area (Å²) in [4.78, 5) is 28.6. The van der Waals surface area contributed by atoms with Gasteiger partial charge in [-0.3, -0.25) is 19.9 Å². The summed E-state index contributed by atoms with van der Waals surface area (Å²) in [6.07, 6.45) is 3.48. The van der Waals surface area contributed by atoms with E-state index in [2.05, 4.69) is 4.90 Å². The molecule has 2 aromatic rings. The first-order valence-corrected chi connectivity index (χ1v) is 11.4. The number of benzene rings is 2. The van der Waals surface area contributed by atoms with Crippen LogP contribution in [0.1, 0.15) is 49.3 Å². The van der Waals surface area contributed by atoms with Gasteiger partial charge in [0.05, 0.1) is 5.69 Å². The van der Waals surface area contributed by atoms with E-state index in [0.717, 1.165) is 50.9 Å². The number of amidine groups is 1. The Morgan fingerprint density at radius 3 is 2.70 bits per heavy atom. The molecule has 1 amide bonds. The van der Waals surface area contributed by atoms with Gasteiger partial charge >= 0.3 is 5.97 Å². The zero-order valence-corrected chi connectivity index (χ0v) is 18.6. The maximum Gasteiger partial charge on any atom is 0.320 e. The minimum atomic E-state index is -0.792. The summed E-state index contributed by atoms with van der Waals surface area (Å²) in [6.45, 7) is 2.17. The van der Waals surface area contributed by atoms with Crippen molar-refractivity contribution in [2.75, 3.05) is 24.5 Å². The smallest absolute Gasteiger partial charge is 0.320 e. The minimum Gasteiger partial charge on any atom is -0.480 e. The fourth-order valence-electron chi connectivity index (χ4n) is 4.66. The second-order valence-corrected chi connectivity index (χ2v) is 8.59. The Morgan fingerprint density at radius 2 is 1.91 bits per heavy atom. The van der Waals surface area contributed by atoms with Crippen molar-refractivity contribution in [1.82, 2.24) is 4.90 Å². The first kappa shape index (κ1) is 22.8. The topological polar surface area (TPSA) is 120 Å². The van der Waals surface area contributed by atoms with Crippen molar-refractivity contribution in [1.29, 1.82) is 5.41 Å². The number of nitrogens with zero attached hydrogens (tertiary/aromatic N) is 2. The van der Waals surface area contributed by atoms with Crippen LogP contribution in [0.25, 0.3) is 0 Å². The number of rotatable bonds is 9. The lowest BCUT2D eigenvalue weighted by Gasteiger charge is -2.34. The average Bonchev–Trinajstić information content (AvgIpc) is 3.29. The number of unbranched alkanes of at least 4 members (excludes halogenated alkanes) is 2. The summed E-state index contributed by atoms with van der Waals surface area (Å²) in [5.74, 6) is -0.278. The third kappa shape index (κ3) is 5.01. The van der Waals surface area contributed by atoms with E-state index in [1.165, 1.54) is 0 Å². The number of hydrogen-bond acceptors (Lipinski definition) is 5. The van der Waals surface area contributed by atoms with E-state index in [9.17, 15) is 14.7 Å². The highest BCUT2D eigenvalue weighted by molar-refractivity contribution is 6.01. The van der Waals surface area contributed by atoms with Gasteiger partial charge in [-0.15, -0.1) is 0 Å². The lowest BCUT2D eigenvalue weighted by atomic mass is 10.0. The molecule has 33 heavy (non-hydrogen) atoms. The van der Waals surface area contributed by atoms with E-state index >= 15 is 0 Å². The summed E-state index contributed by atoms with van der Waals surface area (Å²) in [7, 11) is 0. The predicted molar refractivity (Wildman–Crippen MR) is 126 cm³/mol. The molecular formula is C25H30N4O4. The number of likely N-dealkylation sites (tertiary alicyclic amines) is 1. The van der Waals surface area contributed by atoms with Crippen molar-refractivity contribution in [3.05, 3.63) is 59.7 Å². The molecule has 1 saturated heterocycles. The minimum absolute atomic E-state index is 0.0551. The molecule has 0 spiro atoms. The number of ether oxygens (including phenoxy) is 1. The number of carbonyl (C=O) groups excluding carboxylic acids is 1. The van der Waals surface area contributed by atoms with E-state index in [1.54, 1.807) is 23.1 Å². The number of amides is 1. The Hall–Kier alpha value is -3.39. The van der Waals surface area contributed by atoms with Crippen LogP contribution >= 0.6 is 0 Å². The second kappa shape index (κ2) is 10.0. The Labute approximate surface area is 193 Å². The zero-order valence-electron chi connectivity index (χ0n) is 18.6. The Bertz CT molecular complexity index is 1040.